The molecule has 0 bridgehead atoms. The predicted molar refractivity (Wildman–Crippen MR) is 76.1 cm³/mol. The van der Waals surface area contributed by atoms with E-state index in [0.717, 1.165) is 18.4 Å². The highest BCUT2D eigenvalue weighted by molar-refractivity contribution is 5.76. The number of hydrogen-bond donors (Lipinski definition) is 0. The Hall–Kier alpha value is -1.49. The molecule has 0 radical (unpaired) electrons. The van der Waals surface area contributed by atoms with Gasteiger partial charge >= 0.3 is 5.97 Å². The molecule has 1 aliphatic heterocycles. The lowest BCUT2D eigenvalue weighted by molar-refractivity contribution is -0.149. The average molecular weight is 297 g/mol. The van der Waals surface area contributed by atoms with Gasteiger partial charge in [-0.25, -0.2) is 8.78 Å². The second-order valence-corrected chi connectivity index (χ2v) is 5.49. The number of rotatable bonds is 6. The van der Waals surface area contributed by atoms with Crippen molar-refractivity contribution in [1.29, 1.82) is 0 Å². The Labute approximate surface area is 123 Å². The second-order valence-electron chi connectivity index (χ2n) is 5.49. The van der Waals surface area contributed by atoms with Gasteiger partial charge in [-0.05, 0) is 12.0 Å². The van der Waals surface area contributed by atoms with Gasteiger partial charge in [-0.1, -0.05) is 43.7 Å². The van der Waals surface area contributed by atoms with Crippen molar-refractivity contribution in [2.24, 2.45) is 0 Å². The van der Waals surface area contributed by atoms with Crippen molar-refractivity contribution in [2.45, 2.75) is 44.7 Å². The minimum Gasteiger partial charge on any atom is -0.465 e. The van der Waals surface area contributed by atoms with Crippen LogP contribution in [0.25, 0.3) is 0 Å². The maximum absolute atomic E-state index is 13.6. The van der Waals surface area contributed by atoms with Gasteiger partial charge in [0.2, 0.25) is 0 Å². The number of esters is 1. The Morgan fingerprint density at radius 2 is 2.10 bits per heavy atom. The number of ether oxygens (including phenoxy) is 1. The lowest BCUT2D eigenvalue weighted by Gasteiger charge is -2.22. The first-order valence-corrected chi connectivity index (χ1v) is 7.34. The van der Waals surface area contributed by atoms with Crippen molar-refractivity contribution in [3.05, 3.63) is 35.9 Å². The Kier molecular flexibility index (Phi) is 5.28. The van der Waals surface area contributed by atoms with Crippen LogP contribution < -0.4 is 0 Å². The predicted octanol–water partition coefficient (Wildman–Crippen LogP) is 3.24. The summed E-state index contributed by atoms with van der Waals surface area (Å²) in [5, 5.41) is 0. The fraction of sp³-hybridized carbons (Fsp3) is 0.562. The Morgan fingerprint density at radius 1 is 1.38 bits per heavy atom. The standard InChI is InChI=1S/C16H21F2NO2/c1-2-3-9-21-15(20)14-10-16(17,18)12-19(14)11-13-7-5-4-6-8-13/h4-8,14H,2-3,9-12H2,1H3/t14-/m1/s1. The first-order valence-electron chi connectivity index (χ1n) is 7.34. The van der Waals surface area contributed by atoms with Crippen LogP contribution in [-0.4, -0.2) is 36.0 Å². The minimum absolute atomic E-state index is 0.302. The highest BCUT2D eigenvalue weighted by Crippen LogP contribution is 2.33. The van der Waals surface area contributed by atoms with E-state index in [4.69, 9.17) is 4.74 Å². The maximum Gasteiger partial charge on any atom is 0.323 e. The number of carbonyl (C=O) groups excluding carboxylic acids is 1. The number of nitrogens with zero attached hydrogens (tertiary/aromatic N) is 1. The van der Waals surface area contributed by atoms with Crippen molar-refractivity contribution in [2.75, 3.05) is 13.2 Å². The molecule has 2 rings (SSSR count). The molecule has 1 fully saturated rings. The van der Waals surface area contributed by atoms with Gasteiger partial charge in [-0.15, -0.1) is 0 Å². The second kappa shape index (κ2) is 6.98. The molecule has 1 aliphatic rings. The number of halogens is 2. The van der Waals surface area contributed by atoms with Gasteiger partial charge in [-0.3, -0.25) is 9.69 Å². The molecule has 0 amide bonds. The highest BCUT2D eigenvalue weighted by Gasteiger charge is 2.48. The van der Waals surface area contributed by atoms with Crippen molar-refractivity contribution in [3.63, 3.8) is 0 Å². The van der Waals surface area contributed by atoms with Crippen LogP contribution in [0.2, 0.25) is 0 Å². The summed E-state index contributed by atoms with van der Waals surface area (Å²) in [5.41, 5.74) is 0.918. The molecule has 0 aromatic heterocycles. The summed E-state index contributed by atoms with van der Waals surface area (Å²) < 4.78 is 32.4. The summed E-state index contributed by atoms with van der Waals surface area (Å²) >= 11 is 0. The minimum atomic E-state index is -2.83. The summed E-state index contributed by atoms with van der Waals surface area (Å²) in [6.45, 7) is 2.23. The summed E-state index contributed by atoms with van der Waals surface area (Å²) in [6.07, 6.45) is 1.21. The van der Waals surface area contributed by atoms with Crippen LogP contribution in [0.1, 0.15) is 31.7 Å². The molecule has 0 spiro atoms. The summed E-state index contributed by atoms with van der Waals surface area (Å²) in [6, 6.07) is 8.48. The molecule has 116 valence electrons. The van der Waals surface area contributed by atoms with E-state index in [2.05, 4.69) is 0 Å². The van der Waals surface area contributed by atoms with Gasteiger partial charge in [-0.2, -0.15) is 0 Å². The van der Waals surface area contributed by atoms with E-state index < -0.39 is 30.9 Å². The summed E-state index contributed by atoms with van der Waals surface area (Å²) in [4.78, 5) is 13.5. The van der Waals surface area contributed by atoms with E-state index in [1.807, 2.05) is 37.3 Å². The average Bonchev–Trinajstić information content (AvgIpc) is 2.75. The fourth-order valence-electron chi connectivity index (χ4n) is 2.51. The van der Waals surface area contributed by atoms with Gasteiger partial charge in [0.25, 0.3) is 5.92 Å². The molecule has 5 heteroatoms. The third kappa shape index (κ3) is 4.49. The molecule has 3 nitrogen and oxygen atoms in total. The van der Waals surface area contributed by atoms with Crippen molar-refractivity contribution < 1.29 is 18.3 Å². The zero-order valence-corrected chi connectivity index (χ0v) is 12.2. The van der Waals surface area contributed by atoms with E-state index in [9.17, 15) is 13.6 Å². The number of hydrogen-bond acceptors (Lipinski definition) is 3. The molecule has 1 saturated heterocycles. The molecule has 21 heavy (non-hydrogen) atoms. The summed E-state index contributed by atoms with van der Waals surface area (Å²) in [5.74, 6) is -3.36. The highest BCUT2D eigenvalue weighted by atomic mass is 19.3. The molecule has 0 saturated carbocycles. The molecule has 1 aromatic rings. The van der Waals surface area contributed by atoms with Crippen LogP contribution in [0, 0.1) is 0 Å². The molecular formula is C16H21F2NO2. The van der Waals surface area contributed by atoms with Crippen LogP contribution >= 0.6 is 0 Å². The van der Waals surface area contributed by atoms with Crippen molar-refractivity contribution in [3.8, 4) is 0 Å². The monoisotopic (exact) mass is 297 g/mol. The first kappa shape index (κ1) is 15.9. The fourth-order valence-corrected chi connectivity index (χ4v) is 2.51. The van der Waals surface area contributed by atoms with Crippen LogP contribution in [0.3, 0.4) is 0 Å². The van der Waals surface area contributed by atoms with E-state index >= 15 is 0 Å². The number of carbonyl (C=O) groups is 1. The van der Waals surface area contributed by atoms with Gasteiger partial charge in [0, 0.05) is 13.0 Å². The van der Waals surface area contributed by atoms with Gasteiger partial charge in [0.1, 0.15) is 6.04 Å². The van der Waals surface area contributed by atoms with Crippen molar-refractivity contribution >= 4 is 5.97 Å². The topological polar surface area (TPSA) is 29.5 Å². The molecule has 1 atom stereocenters. The van der Waals surface area contributed by atoms with Gasteiger partial charge in [0.05, 0.1) is 13.2 Å². The molecule has 0 unspecified atom stereocenters. The van der Waals surface area contributed by atoms with Crippen LogP contribution in [0.15, 0.2) is 30.3 Å². The molecule has 0 N–H and O–H groups in total. The Balaban J connectivity index is 2.01. The largest absolute Gasteiger partial charge is 0.465 e. The zero-order valence-electron chi connectivity index (χ0n) is 12.2. The van der Waals surface area contributed by atoms with Crippen LogP contribution in [0.4, 0.5) is 8.78 Å². The lowest BCUT2D eigenvalue weighted by atomic mass is 10.1. The molecule has 0 aliphatic carbocycles. The van der Waals surface area contributed by atoms with Gasteiger partial charge < -0.3 is 4.74 Å². The third-order valence-corrected chi connectivity index (χ3v) is 3.61. The quantitative estimate of drug-likeness (QED) is 0.596. The van der Waals surface area contributed by atoms with Crippen LogP contribution in [-0.2, 0) is 16.1 Å². The molecule has 1 heterocycles. The smallest absolute Gasteiger partial charge is 0.323 e. The van der Waals surface area contributed by atoms with Gasteiger partial charge in [0.15, 0.2) is 0 Å². The molecule has 1 aromatic carbocycles. The number of alkyl halides is 2. The number of unbranched alkanes of at least 4 members (excludes halogenated alkanes) is 1. The zero-order chi connectivity index (χ0) is 15.3. The lowest BCUT2D eigenvalue weighted by Crippen LogP contribution is -2.37. The normalized spacial score (nSPS) is 21.4. The SMILES string of the molecule is CCCCOC(=O)[C@H]1CC(F)(F)CN1Cc1ccccc1. The van der Waals surface area contributed by atoms with Crippen molar-refractivity contribution in [1.82, 2.24) is 4.90 Å². The van der Waals surface area contributed by atoms with E-state index in [0.29, 0.717) is 13.2 Å². The number of benzene rings is 1. The van der Waals surface area contributed by atoms with E-state index in [-0.39, 0.29) is 0 Å². The first-order chi connectivity index (χ1) is 10.0. The maximum atomic E-state index is 13.6. The summed E-state index contributed by atoms with van der Waals surface area (Å²) in [7, 11) is 0. The third-order valence-electron chi connectivity index (χ3n) is 3.61. The van der Waals surface area contributed by atoms with Crippen LogP contribution in [0.5, 0.6) is 0 Å². The Bertz CT molecular complexity index is 465. The molecular weight excluding hydrogens is 276 g/mol. The van der Waals surface area contributed by atoms with E-state index in [1.165, 1.54) is 4.90 Å². The Morgan fingerprint density at radius 3 is 2.76 bits per heavy atom. The van der Waals surface area contributed by atoms with E-state index in [1.54, 1.807) is 0 Å². The number of likely N-dealkylation sites (tertiary alicyclic amines) is 1.